The van der Waals surface area contributed by atoms with Crippen LogP contribution in [0.2, 0.25) is 5.02 Å². The highest BCUT2D eigenvalue weighted by atomic mass is 35.5. The van der Waals surface area contributed by atoms with Crippen LogP contribution in [0.15, 0.2) is 52.3 Å². The third-order valence-corrected chi connectivity index (χ3v) is 8.97. The Morgan fingerprint density at radius 3 is 2.10 bits per heavy atom. The lowest BCUT2D eigenvalue weighted by atomic mass is 10.3. The molecule has 11 heteroatoms. The van der Waals surface area contributed by atoms with Crippen molar-refractivity contribution < 1.29 is 26.0 Å². The minimum absolute atomic E-state index is 0.0314. The fraction of sp³-hybridized carbons (Fsp3) is 0.316. The summed E-state index contributed by atoms with van der Waals surface area (Å²) in [7, 11) is -7.90. The van der Waals surface area contributed by atoms with Crippen LogP contribution in [0, 0.1) is 5.82 Å². The van der Waals surface area contributed by atoms with Crippen molar-refractivity contribution >= 4 is 43.1 Å². The van der Waals surface area contributed by atoms with Gasteiger partial charge in [0.15, 0.2) is 9.84 Å². The van der Waals surface area contributed by atoms with Crippen molar-refractivity contribution in [3.05, 3.63) is 53.3 Å². The molecule has 2 rings (SSSR count). The van der Waals surface area contributed by atoms with Gasteiger partial charge in [-0.25, -0.2) is 21.2 Å². The smallest absolute Gasteiger partial charge is 0.243 e. The third kappa shape index (κ3) is 5.00. The number of hydrogen-bond donors (Lipinski definition) is 1. The minimum atomic E-state index is -4.10. The maximum absolute atomic E-state index is 13.1. The normalized spacial score (nSPS) is 13.3. The number of anilines is 1. The van der Waals surface area contributed by atoms with Crippen molar-refractivity contribution in [2.45, 2.75) is 35.8 Å². The Hall–Kier alpha value is -2.01. The topological polar surface area (TPSA) is 101 Å². The van der Waals surface area contributed by atoms with Crippen LogP contribution in [0.5, 0.6) is 0 Å². The van der Waals surface area contributed by atoms with E-state index in [1.165, 1.54) is 29.4 Å². The van der Waals surface area contributed by atoms with E-state index in [2.05, 4.69) is 5.32 Å². The zero-order valence-corrected chi connectivity index (χ0v) is 19.0. The first kappa shape index (κ1) is 24.3. The average Bonchev–Trinajstić information content (AvgIpc) is 2.69. The number of nitrogens with zero attached hydrogens (tertiary/aromatic N) is 1. The number of sulfone groups is 1. The molecule has 0 fully saturated rings. The highest BCUT2D eigenvalue weighted by Gasteiger charge is 2.31. The summed E-state index contributed by atoms with van der Waals surface area (Å²) in [6, 6.07) is 7.91. The zero-order valence-electron chi connectivity index (χ0n) is 16.6. The number of sulfonamides is 1. The molecule has 2 aromatic carbocycles. The summed E-state index contributed by atoms with van der Waals surface area (Å²) < 4.78 is 65.0. The van der Waals surface area contributed by atoms with Gasteiger partial charge in [0, 0.05) is 13.1 Å². The molecule has 0 aliphatic rings. The van der Waals surface area contributed by atoms with E-state index in [9.17, 15) is 26.0 Å². The Kier molecular flexibility index (Phi) is 7.62. The maximum Gasteiger partial charge on any atom is 0.243 e. The first-order valence-electron chi connectivity index (χ1n) is 9.05. The van der Waals surface area contributed by atoms with Gasteiger partial charge in [0.25, 0.3) is 0 Å². The van der Waals surface area contributed by atoms with Crippen LogP contribution in [-0.2, 0) is 24.7 Å². The van der Waals surface area contributed by atoms with E-state index in [4.69, 9.17) is 11.6 Å². The molecule has 2 aromatic rings. The lowest BCUT2D eigenvalue weighted by Gasteiger charge is -2.19. The van der Waals surface area contributed by atoms with Gasteiger partial charge >= 0.3 is 0 Å². The summed E-state index contributed by atoms with van der Waals surface area (Å²) in [5, 5.41) is 0.901. The Labute approximate surface area is 180 Å². The van der Waals surface area contributed by atoms with Gasteiger partial charge in [0.05, 0.1) is 20.5 Å². The van der Waals surface area contributed by atoms with Gasteiger partial charge in [-0.15, -0.1) is 0 Å². The highest BCUT2D eigenvalue weighted by molar-refractivity contribution is 7.92. The summed E-state index contributed by atoms with van der Waals surface area (Å²) in [4.78, 5) is 12.3. The summed E-state index contributed by atoms with van der Waals surface area (Å²) in [6.07, 6.45) is 0. The Bertz CT molecular complexity index is 1130. The number of hydrogen-bond acceptors (Lipinski definition) is 5. The molecule has 0 bridgehead atoms. The number of halogens is 2. The van der Waals surface area contributed by atoms with E-state index in [1.54, 1.807) is 13.8 Å². The van der Waals surface area contributed by atoms with Gasteiger partial charge in [-0.2, -0.15) is 4.31 Å². The Morgan fingerprint density at radius 1 is 1.03 bits per heavy atom. The second kappa shape index (κ2) is 9.42. The molecule has 1 amide bonds. The van der Waals surface area contributed by atoms with Gasteiger partial charge in [-0.1, -0.05) is 25.4 Å². The molecule has 7 nitrogen and oxygen atoms in total. The average molecular weight is 477 g/mol. The highest BCUT2D eigenvalue weighted by Crippen LogP contribution is 2.28. The van der Waals surface area contributed by atoms with Crippen LogP contribution in [0.1, 0.15) is 20.8 Å². The number of carbonyl (C=O) groups excluding carboxylic acids is 1. The summed E-state index contributed by atoms with van der Waals surface area (Å²) in [5.41, 5.74) is -0.0314. The van der Waals surface area contributed by atoms with Gasteiger partial charge in [-0.3, -0.25) is 4.79 Å². The number of nitrogens with one attached hydrogen (secondary N) is 1. The van der Waals surface area contributed by atoms with Crippen molar-refractivity contribution in [2.24, 2.45) is 0 Å². The summed E-state index contributed by atoms with van der Waals surface area (Å²) in [6.45, 7) is 5.09. The van der Waals surface area contributed by atoms with E-state index < -0.39 is 36.8 Å². The van der Waals surface area contributed by atoms with Crippen molar-refractivity contribution in [3.8, 4) is 0 Å². The second-order valence-corrected chi connectivity index (χ2v) is 11.0. The van der Waals surface area contributed by atoms with Crippen molar-refractivity contribution in [1.82, 2.24) is 4.31 Å². The molecule has 1 unspecified atom stereocenters. The zero-order chi connectivity index (χ0) is 22.7. The van der Waals surface area contributed by atoms with E-state index >= 15 is 0 Å². The summed E-state index contributed by atoms with van der Waals surface area (Å²) >= 11 is 6.08. The van der Waals surface area contributed by atoms with Gasteiger partial charge < -0.3 is 5.32 Å². The van der Waals surface area contributed by atoms with Crippen LogP contribution in [0.3, 0.4) is 0 Å². The van der Waals surface area contributed by atoms with Crippen LogP contribution in [0.25, 0.3) is 0 Å². The van der Waals surface area contributed by atoms with E-state index in [0.29, 0.717) is 0 Å². The monoisotopic (exact) mass is 476 g/mol. The van der Waals surface area contributed by atoms with Crippen molar-refractivity contribution in [2.75, 3.05) is 18.4 Å². The molecule has 1 atom stereocenters. The molecular weight excluding hydrogens is 455 g/mol. The molecule has 0 aliphatic carbocycles. The van der Waals surface area contributed by atoms with Gasteiger partial charge in [-0.05, 0) is 49.4 Å². The molecule has 164 valence electrons. The molecule has 0 aliphatic heterocycles. The molecule has 1 N–H and O–H groups in total. The van der Waals surface area contributed by atoms with Gasteiger partial charge in [0.2, 0.25) is 15.9 Å². The number of carbonyl (C=O) groups is 1. The molecule has 30 heavy (non-hydrogen) atoms. The largest absolute Gasteiger partial charge is 0.324 e. The molecule has 0 aromatic heterocycles. The molecule has 0 spiro atoms. The minimum Gasteiger partial charge on any atom is -0.324 e. The molecule has 0 saturated heterocycles. The lowest BCUT2D eigenvalue weighted by Crippen LogP contribution is -2.33. The number of rotatable bonds is 8. The molecule has 0 saturated carbocycles. The van der Waals surface area contributed by atoms with E-state index in [0.717, 1.165) is 24.3 Å². The van der Waals surface area contributed by atoms with Crippen LogP contribution in [0.4, 0.5) is 10.1 Å². The van der Waals surface area contributed by atoms with Gasteiger partial charge in [0.1, 0.15) is 11.1 Å². The molecule has 0 radical (unpaired) electrons. The fourth-order valence-corrected chi connectivity index (χ4v) is 5.59. The predicted molar refractivity (Wildman–Crippen MR) is 113 cm³/mol. The van der Waals surface area contributed by atoms with Crippen LogP contribution >= 0.6 is 11.6 Å². The molecule has 0 heterocycles. The Morgan fingerprint density at radius 2 is 1.57 bits per heavy atom. The Balaban J connectivity index is 2.33. The van der Waals surface area contributed by atoms with Crippen molar-refractivity contribution in [1.29, 1.82) is 0 Å². The van der Waals surface area contributed by atoms with Crippen LogP contribution < -0.4 is 5.32 Å². The van der Waals surface area contributed by atoms with Crippen LogP contribution in [-0.4, -0.2) is 45.4 Å². The van der Waals surface area contributed by atoms with E-state index in [1.807, 2.05) is 0 Å². The van der Waals surface area contributed by atoms with E-state index in [-0.39, 0.29) is 33.6 Å². The SMILES string of the molecule is CCN(CC)S(=O)(=O)c1ccc(Cl)c(NC(=O)C(C)S(=O)(=O)c2ccc(F)cc2)c1. The predicted octanol–water partition coefficient (Wildman–Crippen LogP) is 3.31. The standard InChI is InChI=1S/C19H22ClFN2O5S2/c1-4-23(5-2)30(27,28)16-10-11-17(20)18(12-16)22-19(24)13(3)29(25,26)15-8-6-14(21)7-9-15/h6-13H,4-5H2,1-3H3,(H,22,24). The second-order valence-electron chi connectivity index (χ2n) is 6.36. The first-order chi connectivity index (χ1) is 13.9. The lowest BCUT2D eigenvalue weighted by molar-refractivity contribution is -0.115. The quantitative estimate of drug-likeness (QED) is 0.589. The first-order valence-corrected chi connectivity index (χ1v) is 12.4. The number of amides is 1. The van der Waals surface area contributed by atoms with Crippen molar-refractivity contribution in [3.63, 3.8) is 0 Å². The molecular formula is C19H22ClFN2O5S2. The third-order valence-electron chi connectivity index (χ3n) is 4.52. The summed E-state index contributed by atoms with van der Waals surface area (Å²) in [5.74, 6) is -1.51. The maximum atomic E-state index is 13.1. The fourth-order valence-electron chi connectivity index (χ4n) is 2.68. The number of benzene rings is 2.